The third kappa shape index (κ3) is 3.40. The van der Waals surface area contributed by atoms with E-state index in [9.17, 15) is 4.79 Å². The van der Waals surface area contributed by atoms with E-state index in [0.29, 0.717) is 10.6 Å². The van der Waals surface area contributed by atoms with Gasteiger partial charge in [0.1, 0.15) is 11.9 Å². The van der Waals surface area contributed by atoms with Gasteiger partial charge < -0.3 is 9.88 Å². The number of hydrogen-bond donors (Lipinski definition) is 1. The van der Waals surface area contributed by atoms with E-state index in [1.54, 1.807) is 36.7 Å². The second-order valence-electron chi connectivity index (χ2n) is 5.10. The Morgan fingerprint density at radius 3 is 2.61 bits per heavy atom. The van der Waals surface area contributed by atoms with Gasteiger partial charge in [0, 0.05) is 36.9 Å². The number of halogens is 1. The molecule has 0 bridgehead atoms. The fraction of sp³-hybridized carbons (Fsp3) is 0.118. The molecule has 0 aliphatic rings. The Labute approximate surface area is 139 Å². The highest BCUT2D eigenvalue weighted by atomic mass is 35.5. The monoisotopic (exact) mass is 326 g/mol. The number of nitrogens with one attached hydrogen (secondary N) is 1. The molecular formula is C17H15ClN4O. The van der Waals surface area contributed by atoms with Crippen molar-refractivity contribution in [3.8, 4) is 0 Å². The van der Waals surface area contributed by atoms with Crippen molar-refractivity contribution < 1.29 is 4.79 Å². The second-order valence-corrected chi connectivity index (χ2v) is 5.53. The van der Waals surface area contributed by atoms with E-state index in [-0.39, 0.29) is 11.9 Å². The van der Waals surface area contributed by atoms with E-state index in [1.165, 1.54) is 6.20 Å². The molecule has 5 nitrogen and oxygen atoms in total. The molecule has 0 aliphatic carbocycles. The van der Waals surface area contributed by atoms with Crippen LogP contribution in [0.1, 0.15) is 27.8 Å². The highest BCUT2D eigenvalue weighted by Gasteiger charge is 2.21. The summed E-state index contributed by atoms with van der Waals surface area (Å²) in [5.41, 5.74) is 1.40. The maximum absolute atomic E-state index is 12.5. The third-order valence-corrected chi connectivity index (χ3v) is 3.77. The van der Waals surface area contributed by atoms with Crippen LogP contribution in [-0.2, 0) is 7.05 Å². The summed E-state index contributed by atoms with van der Waals surface area (Å²) in [7, 11) is 1.89. The van der Waals surface area contributed by atoms with Crippen LogP contribution in [0.3, 0.4) is 0 Å². The minimum Gasteiger partial charge on any atom is -0.338 e. The predicted molar refractivity (Wildman–Crippen MR) is 88.2 cm³/mol. The van der Waals surface area contributed by atoms with Crippen LogP contribution < -0.4 is 5.32 Å². The zero-order valence-electron chi connectivity index (χ0n) is 12.5. The molecule has 2 aromatic heterocycles. The Morgan fingerprint density at radius 2 is 2.00 bits per heavy atom. The average molecular weight is 327 g/mol. The third-order valence-electron chi connectivity index (χ3n) is 3.52. The van der Waals surface area contributed by atoms with Crippen molar-refractivity contribution in [3.05, 3.63) is 83.2 Å². The van der Waals surface area contributed by atoms with Crippen LogP contribution in [0.5, 0.6) is 0 Å². The predicted octanol–water partition coefficient (Wildman–Crippen LogP) is 2.99. The zero-order chi connectivity index (χ0) is 16.2. The van der Waals surface area contributed by atoms with Crippen LogP contribution in [-0.4, -0.2) is 20.4 Å². The van der Waals surface area contributed by atoms with Gasteiger partial charge >= 0.3 is 0 Å². The first-order valence-electron chi connectivity index (χ1n) is 7.09. The summed E-state index contributed by atoms with van der Waals surface area (Å²) in [5.74, 6) is 0.533. The number of amides is 1. The van der Waals surface area contributed by atoms with Gasteiger partial charge in [-0.05, 0) is 29.8 Å². The summed E-state index contributed by atoms with van der Waals surface area (Å²) in [6, 6.07) is 10.4. The van der Waals surface area contributed by atoms with E-state index in [1.807, 2.05) is 29.9 Å². The Hall–Kier alpha value is -2.66. The topological polar surface area (TPSA) is 59.8 Å². The van der Waals surface area contributed by atoms with E-state index < -0.39 is 0 Å². The van der Waals surface area contributed by atoms with Crippen molar-refractivity contribution >= 4 is 17.5 Å². The summed E-state index contributed by atoms with van der Waals surface area (Å²) in [6.45, 7) is 0. The van der Waals surface area contributed by atoms with Gasteiger partial charge in [0.05, 0.1) is 5.56 Å². The lowest BCUT2D eigenvalue weighted by Crippen LogP contribution is -2.31. The molecule has 0 saturated heterocycles. The maximum Gasteiger partial charge on any atom is 0.253 e. The molecule has 0 aliphatic heterocycles. The van der Waals surface area contributed by atoms with Gasteiger partial charge in [-0.15, -0.1) is 0 Å². The SMILES string of the molecule is Cn1ccnc1[C@H](NC(=O)c1cccnc1)c1ccc(Cl)cc1. The number of carbonyl (C=O) groups is 1. The molecule has 3 rings (SSSR count). The minimum atomic E-state index is -0.375. The number of benzene rings is 1. The number of hydrogen-bond acceptors (Lipinski definition) is 3. The number of aryl methyl sites for hydroxylation is 1. The van der Waals surface area contributed by atoms with Crippen LogP contribution in [0, 0.1) is 0 Å². The number of nitrogens with zero attached hydrogens (tertiary/aromatic N) is 3. The number of aromatic nitrogens is 3. The molecule has 116 valence electrons. The van der Waals surface area contributed by atoms with E-state index >= 15 is 0 Å². The van der Waals surface area contributed by atoms with Crippen LogP contribution in [0.15, 0.2) is 61.2 Å². The molecule has 0 radical (unpaired) electrons. The number of imidazole rings is 1. The second kappa shape index (κ2) is 6.62. The van der Waals surface area contributed by atoms with Gasteiger partial charge in [0.2, 0.25) is 0 Å². The van der Waals surface area contributed by atoms with E-state index in [2.05, 4.69) is 15.3 Å². The lowest BCUT2D eigenvalue weighted by atomic mass is 10.1. The maximum atomic E-state index is 12.5. The Kier molecular flexibility index (Phi) is 4.39. The Bertz CT molecular complexity index is 799. The fourth-order valence-corrected chi connectivity index (χ4v) is 2.44. The highest BCUT2D eigenvalue weighted by molar-refractivity contribution is 6.30. The van der Waals surface area contributed by atoms with Gasteiger partial charge in [-0.3, -0.25) is 9.78 Å². The lowest BCUT2D eigenvalue weighted by Gasteiger charge is -2.19. The first kappa shape index (κ1) is 15.2. The molecule has 1 N–H and O–H groups in total. The molecule has 1 atom stereocenters. The first-order chi connectivity index (χ1) is 11.1. The van der Waals surface area contributed by atoms with Gasteiger partial charge in [-0.2, -0.15) is 0 Å². The lowest BCUT2D eigenvalue weighted by molar-refractivity contribution is 0.0941. The molecule has 0 spiro atoms. The van der Waals surface area contributed by atoms with Gasteiger partial charge in [0.15, 0.2) is 0 Å². The summed E-state index contributed by atoms with van der Waals surface area (Å²) in [4.78, 5) is 20.8. The molecular weight excluding hydrogens is 312 g/mol. The summed E-state index contributed by atoms with van der Waals surface area (Å²) >= 11 is 5.96. The summed E-state index contributed by atoms with van der Waals surface area (Å²) in [6.07, 6.45) is 6.71. The molecule has 2 heterocycles. The largest absolute Gasteiger partial charge is 0.338 e. The Balaban J connectivity index is 1.94. The summed E-state index contributed by atoms with van der Waals surface area (Å²) in [5, 5.41) is 3.65. The summed E-state index contributed by atoms with van der Waals surface area (Å²) < 4.78 is 1.88. The average Bonchev–Trinajstić information content (AvgIpc) is 3.00. The van der Waals surface area contributed by atoms with Gasteiger partial charge in [-0.25, -0.2) is 4.98 Å². The van der Waals surface area contributed by atoms with E-state index in [4.69, 9.17) is 11.6 Å². The molecule has 1 amide bonds. The van der Waals surface area contributed by atoms with Crippen molar-refractivity contribution in [1.29, 1.82) is 0 Å². The number of rotatable bonds is 4. The van der Waals surface area contributed by atoms with Crippen LogP contribution in [0.25, 0.3) is 0 Å². The van der Waals surface area contributed by atoms with Crippen LogP contribution in [0.2, 0.25) is 5.02 Å². The molecule has 1 aromatic carbocycles. The smallest absolute Gasteiger partial charge is 0.253 e. The fourth-order valence-electron chi connectivity index (χ4n) is 2.32. The van der Waals surface area contributed by atoms with Crippen molar-refractivity contribution in [2.24, 2.45) is 7.05 Å². The van der Waals surface area contributed by atoms with Crippen molar-refractivity contribution in [3.63, 3.8) is 0 Å². The van der Waals surface area contributed by atoms with Crippen molar-refractivity contribution in [2.75, 3.05) is 0 Å². The quantitative estimate of drug-likeness (QED) is 0.801. The molecule has 6 heteroatoms. The molecule has 0 fully saturated rings. The van der Waals surface area contributed by atoms with Crippen LogP contribution >= 0.6 is 11.6 Å². The normalized spacial score (nSPS) is 11.9. The first-order valence-corrected chi connectivity index (χ1v) is 7.46. The van der Waals surface area contributed by atoms with Crippen molar-refractivity contribution in [1.82, 2.24) is 19.9 Å². The minimum absolute atomic E-state index is 0.207. The van der Waals surface area contributed by atoms with Crippen LogP contribution in [0.4, 0.5) is 0 Å². The standard InChI is InChI=1S/C17H15ClN4O/c1-22-10-9-20-16(22)15(12-4-6-14(18)7-5-12)21-17(23)13-3-2-8-19-11-13/h2-11,15H,1H3,(H,21,23)/t15-/m1/s1. The zero-order valence-corrected chi connectivity index (χ0v) is 13.2. The Morgan fingerprint density at radius 1 is 1.22 bits per heavy atom. The highest BCUT2D eigenvalue weighted by Crippen LogP contribution is 2.22. The van der Waals surface area contributed by atoms with Crippen molar-refractivity contribution in [2.45, 2.75) is 6.04 Å². The molecule has 0 saturated carbocycles. The molecule has 23 heavy (non-hydrogen) atoms. The number of pyridine rings is 1. The number of carbonyl (C=O) groups excluding carboxylic acids is 1. The van der Waals surface area contributed by atoms with Gasteiger partial charge in [-0.1, -0.05) is 23.7 Å². The van der Waals surface area contributed by atoms with E-state index in [0.717, 1.165) is 11.4 Å². The van der Waals surface area contributed by atoms with Gasteiger partial charge in [0.25, 0.3) is 5.91 Å². The molecule has 3 aromatic rings. The molecule has 0 unspecified atom stereocenters.